The Morgan fingerprint density at radius 2 is 1.43 bits per heavy atom. The summed E-state index contributed by atoms with van der Waals surface area (Å²) in [5.74, 6) is -0.229. The SMILES string of the molecule is NCC(CN)C(O)N(CCO)CCO. The molecular formula is C8H21N3O3. The molecule has 0 radical (unpaired) electrons. The van der Waals surface area contributed by atoms with E-state index in [4.69, 9.17) is 21.7 Å². The molecule has 0 aromatic rings. The van der Waals surface area contributed by atoms with Crippen molar-refractivity contribution in [1.29, 1.82) is 0 Å². The first-order valence-corrected chi connectivity index (χ1v) is 4.75. The zero-order valence-corrected chi connectivity index (χ0v) is 8.34. The summed E-state index contributed by atoms with van der Waals surface area (Å²) < 4.78 is 0. The van der Waals surface area contributed by atoms with Crippen molar-refractivity contribution in [2.24, 2.45) is 17.4 Å². The second-order valence-corrected chi connectivity index (χ2v) is 3.13. The van der Waals surface area contributed by atoms with E-state index in [2.05, 4.69) is 0 Å². The molecule has 86 valence electrons. The zero-order valence-electron chi connectivity index (χ0n) is 8.34. The first kappa shape index (κ1) is 13.8. The van der Waals surface area contributed by atoms with Gasteiger partial charge in [-0.25, -0.2) is 0 Å². The maximum atomic E-state index is 9.77. The van der Waals surface area contributed by atoms with Crippen molar-refractivity contribution in [3.05, 3.63) is 0 Å². The number of hydrogen-bond donors (Lipinski definition) is 5. The van der Waals surface area contributed by atoms with Crippen LogP contribution < -0.4 is 11.5 Å². The lowest BCUT2D eigenvalue weighted by molar-refractivity contribution is -0.0477. The molecule has 6 nitrogen and oxygen atoms in total. The molecule has 0 bridgehead atoms. The zero-order chi connectivity index (χ0) is 11.0. The third-order valence-electron chi connectivity index (χ3n) is 2.18. The number of aliphatic hydroxyl groups excluding tert-OH is 3. The average molecular weight is 207 g/mol. The second-order valence-electron chi connectivity index (χ2n) is 3.13. The Kier molecular flexibility index (Phi) is 7.96. The maximum absolute atomic E-state index is 9.77. The van der Waals surface area contributed by atoms with Gasteiger partial charge in [-0.3, -0.25) is 4.90 Å². The maximum Gasteiger partial charge on any atom is 0.112 e. The molecule has 7 N–H and O–H groups in total. The van der Waals surface area contributed by atoms with Crippen molar-refractivity contribution < 1.29 is 15.3 Å². The minimum atomic E-state index is -0.802. The minimum absolute atomic E-state index is 0.0705. The third-order valence-corrected chi connectivity index (χ3v) is 2.18. The Bertz CT molecular complexity index is 127. The highest BCUT2D eigenvalue weighted by atomic mass is 16.3. The quantitative estimate of drug-likeness (QED) is 0.273. The molecule has 0 aromatic heterocycles. The molecule has 0 heterocycles. The van der Waals surface area contributed by atoms with Crippen molar-refractivity contribution in [1.82, 2.24) is 4.90 Å². The Morgan fingerprint density at radius 1 is 1.00 bits per heavy atom. The molecule has 0 aliphatic heterocycles. The Morgan fingerprint density at radius 3 is 1.71 bits per heavy atom. The number of nitrogens with two attached hydrogens (primary N) is 2. The van der Waals surface area contributed by atoms with Crippen LogP contribution in [0.5, 0.6) is 0 Å². The third kappa shape index (κ3) is 4.32. The molecule has 0 aromatic carbocycles. The molecule has 0 spiro atoms. The van der Waals surface area contributed by atoms with Gasteiger partial charge in [-0.05, 0) is 0 Å². The molecule has 1 atom stereocenters. The summed E-state index contributed by atoms with van der Waals surface area (Å²) in [6.45, 7) is 1.03. The van der Waals surface area contributed by atoms with Crippen LogP contribution in [-0.2, 0) is 0 Å². The summed E-state index contributed by atoms with van der Waals surface area (Å²) in [5, 5.41) is 27.3. The highest BCUT2D eigenvalue weighted by Gasteiger charge is 2.22. The van der Waals surface area contributed by atoms with Gasteiger partial charge in [0, 0.05) is 32.1 Å². The first-order valence-electron chi connectivity index (χ1n) is 4.75. The Labute approximate surface area is 84.1 Å². The lowest BCUT2D eigenvalue weighted by atomic mass is 10.1. The van der Waals surface area contributed by atoms with Gasteiger partial charge in [0.2, 0.25) is 0 Å². The van der Waals surface area contributed by atoms with Crippen molar-refractivity contribution >= 4 is 0 Å². The van der Waals surface area contributed by atoms with Crippen LogP contribution >= 0.6 is 0 Å². The fourth-order valence-corrected chi connectivity index (χ4v) is 1.27. The Hall–Kier alpha value is -0.240. The van der Waals surface area contributed by atoms with Gasteiger partial charge in [0.15, 0.2) is 0 Å². The molecule has 0 aliphatic carbocycles. The van der Waals surface area contributed by atoms with Crippen LogP contribution in [-0.4, -0.2) is 65.8 Å². The van der Waals surface area contributed by atoms with Crippen molar-refractivity contribution in [3.8, 4) is 0 Å². The lowest BCUT2D eigenvalue weighted by Gasteiger charge is -2.31. The van der Waals surface area contributed by atoms with Gasteiger partial charge >= 0.3 is 0 Å². The fraction of sp³-hybridized carbons (Fsp3) is 1.00. The first-order chi connectivity index (χ1) is 6.71. The highest BCUT2D eigenvalue weighted by molar-refractivity contribution is 4.72. The van der Waals surface area contributed by atoms with E-state index in [-0.39, 0.29) is 32.2 Å². The van der Waals surface area contributed by atoms with Gasteiger partial charge in [0.25, 0.3) is 0 Å². The predicted octanol–water partition coefficient (Wildman–Crippen LogP) is -2.87. The van der Waals surface area contributed by atoms with Crippen molar-refractivity contribution in [2.45, 2.75) is 6.23 Å². The van der Waals surface area contributed by atoms with Crippen LogP contribution in [0.1, 0.15) is 0 Å². The monoisotopic (exact) mass is 207 g/mol. The number of hydrogen-bond acceptors (Lipinski definition) is 6. The van der Waals surface area contributed by atoms with Crippen molar-refractivity contribution in [2.75, 3.05) is 39.4 Å². The molecule has 0 aliphatic rings. The van der Waals surface area contributed by atoms with E-state index in [0.717, 1.165) is 0 Å². The minimum Gasteiger partial charge on any atom is -0.395 e. The number of rotatable bonds is 8. The van der Waals surface area contributed by atoms with Gasteiger partial charge in [0.1, 0.15) is 6.23 Å². The van der Waals surface area contributed by atoms with Gasteiger partial charge < -0.3 is 26.8 Å². The topological polar surface area (TPSA) is 116 Å². The average Bonchev–Trinajstić information content (AvgIpc) is 2.19. The van der Waals surface area contributed by atoms with E-state index in [9.17, 15) is 5.11 Å². The lowest BCUT2D eigenvalue weighted by Crippen LogP contribution is -2.48. The molecule has 6 heteroatoms. The summed E-state index contributed by atoms with van der Waals surface area (Å²) in [6, 6.07) is 0. The van der Waals surface area contributed by atoms with E-state index in [1.54, 1.807) is 4.90 Å². The van der Waals surface area contributed by atoms with Crippen LogP contribution in [0.2, 0.25) is 0 Å². The predicted molar refractivity (Wildman–Crippen MR) is 53.4 cm³/mol. The highest BCUT2D eigenvalue weighted by Crippen LogP contribution is 2.06. The molecular weight excluding hydrogens is 186 g/mol. The van der Waals surface area contributed by atoms with Crippen LogP contribution in [0.4, 0.5) is 0 Å². The summed E-state index contributed by atoms with van der Waals surface area (Å²) in [5.41, 5.74) is 10.8. The van der Waals surface area contributed by atoms with Gasteiger partial charge in [0.05, 0.1) is 13.2 Å². The molecule has 0 amide bonds. The van der Waals surface area contributed by atoms with E-state index >= 15 is 0 Å². The standard InChI is InChI=1S/C8H21N3O3/c9-5-7(6-10)8(14)11(1-3-12)2-4-13/h7-8,12-14H,1-6,9-10H2. The second kappa shape index (κ2) is 8.10. The van der Waals surface area contributed by atoms with Crippen LogP contribution in [0, 0.1) is 5.92 Å². The fourth-order valence-electron chi connectivity index (χ4n) is 1.27. The van der Waals surface area contributed by atoms with Crippen LogP contribution in [0.3, 0.4) is 0 Å². The van der Waals surface area contributed by atoms with Crippen LogP contribution in [0.15, 0.2) is 0 Å². The number of nitrogens with zero attached hydrogens (tertiary/aromatic N) is 1. The molecule has 14 heavy (non-hydrogen) atoms. The molecule has 0 saturated carbocycles. The van der Waals surface area contributed by atoms with Gasteiger partial charge in [-0.15, -0.1) is 0 Å². The van der Waals surface area contributed by atoms with E-state index in [1.807, 2.05) is 0 Å². The normalized spacial score (nSPS) is 13.9. The van der Waals surface area contributed by atoms with Crippen LogP contribution in [0.25, 0.3) is 0 Å². The summed E-state index contributed by atoms with van der Waals surface area (Å²) in [4.78, 5) is 1.56. The molecule has 0 saturated heterocycles. The largest absolute Gasteiger partial charge is 0.395 e. The molecule has 0 rings (SSSR count). The van der Waals surface area contributed by atoms with Crippen molar-refractivity contribution in [3.63, 3.8) is 0 Å². The molecule has 1 unspecified atom stereocenters. The van der Waals surface area contributed by atoms with E-state index in [0.29, 0.717) is 13.1 Å². The summed E-state index contributed by atoms with van der Waals surface area (Å²) in [6.07, 6.45) is -0.802. The Balaban J connectivity index is 4.16. The summed E-state index contributed by atoms with van der Waals surface area (Å²) >= 11 is 0. The summed E-state index contributed by atoms with van der Waals surface area (Å²) in [7, 11) is 0. The van der Waals surface area contributed by atoms with E-state index in [1.165, 1.54) is 0 Å². The van der Waals surface area contributed by atoms with Gasteiger partial charge in [-0.2, -0.15) is 0 Å². The van der Waals surface area contributed by atoms with E-state index < -0.39 is 6.23 Å². The van der Waals surface area contributed by atoms with Gasteiger partial charge in [-0.1, -0.05) is 0 Å². The number of aliphatic hydroxyl groups is 3. The smallest absolute Gasteiger partial charge is 0.112 e. The molecule has 0 fully saturated rings.